The number of ether oxygens (including phenoxy) is 2. The summed E-state index contributed by atoms with van der Waals surface area (Å²) in [6.45, 7) is 4.96. The number of benzene rings is 2. The lowest BCUT2D eigenvalue weighted by atomic mass is 10.1. The van der Waals surface area contributed by atoms with Gasteiger partial charge in [-0.2, -0.15) is 0 Å². The van der Waals surface area contributed by atoms with E-state index in [1.807, 2.05) is 13.8 Å². The van der Waals surface area contributed by atoms with Gasteiger partial charge in [0.15, 0.2) is 11.5 Å². The Balaban J connectivity index is 1.90. The number of rotatable bonds is 6. The zero-order chi connectivity index (χ0) is 20.4. The van der Waals surface area contributed by atoms with Gasteiger partial charge in [-0.3, -0.25) is 14.9 Å². The predicted octanol–water partition coefficient (Wildman–Crippen LogP) is 4.49. The maximum absolute atomic E-state index is 13.1. The van der Waals surface area contributed by atoms with Crippen molar-refractivity contribution >= 4 is 28.9 Å². The molecule has 0 N–H and O–H groups in total. The highest BCUT2D eigenvalue weighted by Crippen LogP contribution is 2.38. The van der Waals surface area contributed by atoms with Gasteiger partial charge in [0.1, 0.15) is 0 Å². The third-order valence-electron chi connectivity index (χ3n) is 4.45. The number of methoxy groups -OCH3 is 1. The van der Waals surface area contributed by atoms with Gasteiger partial charge in [0.25, 0.3) is 11.6 Å². The maximum atomic E-state index is 13.1. The summed E-state index contributed by atoms with van der Waals surface area (Å²) < 4.78 is 11.1. The Morgan fingerprint density at radius 1 is 1.32 bits per heavy atom. The predicted molar refractivity (Wildman–Crippen MR) is 107 cm³/mol. The van der Waals surface area contributed by atoms with E-state index in [1.54, 1.807) is 23.1 Å². The first kappa shape index (κ1) is 19.9. The molecule has 28 heavy (non-hydrogen) atoms. The summed E-state index contributed by atoms with van der Waals surface area (Å²) >= 11 is 6.35. The first-order chi connectivity index (χ1) is 13.3. The van der Waals surface area contributed by atoms with Gasteiger partial charge in [0.2, 0.25) is 0 Å². The number of halogens is 1. The van der Waals surface area contributed by atoms with Gasteiger partial charge in [0.05, 0.1) is 23.7 Å². The molecular weight excluding hydrogens is 384 g/mol. The van der Waals surface area contributed by atoms with Crippen LogP contribution in [0.15, 0.2) is 30.3 Å². The zero-order valence-corrected chi connectivity index (χ0v) is 16.7. The number of hydrogen-bond donors (Lipinski definition) is 0. The Hall–Kier alpha value is -2.80. The maximum Gasteiger partial charge on any atom is 0.269 e. The third kappa shape index (κ3) is 3.89. The molecule has 0 aromatic heterocycles. The van der Waals surface area contributed by atoms with Crippen molar-refractivity contribution in [3.63, 3.8) is 0 Å². The second-order valence-electron chi connectivity index (χ2n) is 6.97. The molecule has 0 aliphatic carbocycles. The van der Waals surface area contributed by atoms with E-state index in [4.69, 9.17) is 21.1 Å². The molecule has 0 saturated carbocycles. The molecule has 0 spiro atoms. The van der Waals surface area contributed by atoms with E-state index in [0.29, 0.717) is 53.3 Å². The molecule has 3 rings (SSSR count). The molecule has 0 atom stereocenters. The molecule has 7 nitrogen and oxygen atoms in total. The van der Waals surface area contributed by atoms with Crippen LogP contribution in [0.25, 0.3) is 0 Å². The van der Waals surface area contributed by atoms with E-state index in [0.717, 1.165) is 5.56 Å². The number of nitrogens with zero attached hydrogens (tertiary/aromatic N) is 2. The van der Waals surface area contributed by atoms with Crippen LogP contribution in [-0.4, -0.2) is 31.1 Å². The second-order valence-corrected chi connectivity index (χ2v) is 7.38. The summed E-state index contributed by atoms with van der Waals surface area (Å²) in [4.78, 5) is 25.2. The van der Waals surface area contributed by atoms with Crippen molar-refractivity contribution in [1.82, 2.24) is 0 Å². The number of nitro groups is 1. The average molecular weight is 405 g/mol. The SMILES string of the molecule is COc1cc(C(=O)N2CCc3cc([N+](=O)[O-])ccc32)cc(Cl)c1OCC(C)C. The van der Waals surface area contributed by atoms with Crippen LogP contribution in [0.3, 0.4) is 0 Å². The van der Waals surface area contributed by atoms with Crippen LogP contribution in [0.2, 0.25) is 5.02 Å². The van der Waals surface area contributed by atoms with Gasteiger partial charge in [0, 0.05) is 29.9 Å². The molecule has 0 unspecified atom stereocenters. The summed E-state index contributed by atoms with van der Waals surface area (Å²) in [6.07, 6.45) is 0.559. The van der Waals surface area contributed by atoms with Crippen molar-refractivity contribution in [2.45, 2.75) is 20.3 Å². The molecule has 8 heteroatoms. The number of carbonyl (C=O) groups is 1. The van der Waals surface area contributed by atoms with Crippen LogP contribution < -0.4 is 14.4 Å². The molecular formula is C20H21ClN2O5. The molecule has 0 saturated heterocycles. The van der Waals surface area contributed by atoms with E-state index in [-0.39, 0.29) is 11.6 Å². The van der Waals surface area contributed by atoms with E-state index < -0.39 is 4.92 Å². The molecule has 1 aliphatic heterocycles. The molecule has 1 aliphatic rings. The number of nitro benzene ring substituents is 1. The molecule has 148 valence electrons. The van der Waals surface area contributed by atoms with Crippen LogP contribution in [-0.2, 0) is 6.42 Å². The monoisotopic (exact) mass is 404 g/mol. The van der Waals surface area contributed by atoms with Crippen molar-refractivity contribution in [2.75, 3.05) is 25.2 Å². The summed E-state index contributed by atoms with van der Waals surface area (Å²) in [5, 5.41) is 11.3. The molecule has 0 fully saturated rings. The van der Waals surface area contributed by atoms with Gasteiger partial charge < -0.3 is 14.4 Å². The highest BCUT2D eigenvalue weighted by molar-refractivity contribution is 6.32. The standard InChI is InChI=1S/C20H21ClN2O5/c1-12(2)11-28-19-16(21)9-14(10-18(19)27-3)20(24)22-7-6-13-8-15(23(25)26)4-5-17(13)22/h4-5,8-10,12H,6-7,11H2,1-3H3. The molecule has 2 aromatic carbocycles. The topological polar surface area (TPSA) is 81.9 Å². The van der Waals surface area contributed by atoms with Crippen molar-refractivity contribution < 1.29 is 19.2 Å². The summed E-state index contributed by atoms with van der Waals surface area (Å²) in [6, 6.07) is 7.69. The number of anilines is 1. The zero-order valence-electron chi connectivity index (χ0n) is 15.9. The highest BCUT2D eigenvalue weighted by Gasteiger charge is 2.28. The lowest BCUT2D eigenvalue weighted by molar-refractivity contribution is -0.384. The summed E-state index contributed by atoms with van der Waals surface area (Å²) in [7, 11) is 1.49. The van der Waals surface area contributed by atoms with E-state index in [9.17, 15) is 14.9 Å². The summed E-state index contributed by atoms with van der Waals surface area (Å²) in [5.74, 6) is 0.863. The minimum atomic E-state index is -0.439. The normalized spacial score (nSPS) is 12.8. The van der Waals surface area contributed by atoms with Gasteiger partial charge in [-0.1, -0.05) is 25.4 Å². The second kappa shape index (κ2) is 8.06. The smallest absolute Gasteiger partial charge is 0.269 e. The number of carbonyl (C=O) groups excluding carboxylic acids is 1. The van der Waals surface area contributed by atoms with Crippen molar-refractivity contribution in [3.8, 4) is 11.5 Å². The summed E-state index contributed by atoms with van der Waals surface area (Å²) in [5.41, 5.74) is 1.83. The van der Waals surface area contributed by atoms with Crippen molar-refractivity contribution in [1.29, 1.82) is 0 Å². The Bertz CT molecular complexity index is 929. The van der Waals surface area contributed by atoms with Crippen LogP contribution in [0.1, 0.15) is 29.8 Å². The van der Waals surface area contributed by atoms with Crippen LogP contribution in [0.5, 0.6) is 11.5 Å². The largest absolute Gasteiger partial charge is 0.493 e. The Kier molecular flexibility index (Phi) is 5.74. The number of non-ortho nitro benzene ring substituents is 1. The number of fused-ring (bicyclic) bond motifs is 1. The van der Waals surface area contributed by atoms with E-state index in [1.165, 1.54) is 19.2 Å². The fourth-order valence-corrected chi connectivity index (χ4v) is 3.37. The molecule has 1 heterocycles. The Labute approximate surface area is 168 Å². The molecule has 2 aromatic rings. The number of hydrogen-bond acceptors (Lipinski definition) is 5. The quantitative estimate of drug-likeness (QED) is 0.523. The van der Waals surface area contributed by atoms with Gasteiger partial charge in [-0.25, -0.2) is 0 Å². The lowest BCUT2D eigenvalue weighted by Gasteiger charge is -2.19. The van der Waals surface area contributed by atoms with Gasteiger partial charge in [-0.05, 0) is 36.1 Å². The lowest BCUT2D eigenvalue weighted by Crippen LogP contribution is -2.28. The van der Waals surface area contributed by atoms with Gasteiger partial charge >= 0.3 is 0 Å². The Morgan fingerprint density at radius 3 is 2.71 bits per heavy atom. The minimum Gasteiger partial charge on any atom is -0.493 e. The van der Waals surface area contributed by atoms with Crippen LogP contribution >= 0.6 is 11.6 Å². The molecule has 1 amide bonds. The Morgan fingerprint density at radius 2 is 2.07 bits per heavy atom. The van der Waals surface area contributed by atoms with E-state index >= 15 is 0 Å². The van der Waals surface area contributed by atoms with E-state index in [2.05, 4.69) is 0 Å². The average Bonchev–Trinajstić information content (AvgIpc) is 3.08. The molecule has 0 bridgehead atoms. The first-order valence-electron chi connectivity index (χ1n) is 8.91. The van der Waals surface area contributed by atoms with Gasteiger partial charge in [-0.15, -0.1) is 0 Å². The highest BCUT2D eigenvalue weighted by atomic mass is 35.5. The fourth-order valence-electron chi connectivity index (χ4n) is 3.10. The minimum absolute atomic E-state index is 0.0180. The first-order valence-corrected chi connectivity index (χ1v) is 9.29. The fraction of sp³-hybridized carbons (Fsp3) is 0.350. The van der Waals surface area contributed by atoms with Crippen molar-refractivity contribution in [2.24, 2.45) is 5.92 Å². The molecule has 0 radical (unpaired) electrons. The van der Waals surface area contributed by atoms with Crippen LogP contribution in [0.4, 0.5) is 11.4 Å². The third-order valence-corrected chi connectivity index (χ3v) is 4.73. The van der Waals surface area contributed by atoms with Crippen molar-refractivity contribution in [3.05, 3.63) is 56.6 Å². The number of amides is 1. The van der Waals surface area contributed by atoms with Crippen LogP contribution in [0, 0.1) is 16.0 Å².